The normalized spacial score (nSPS) is 16.5. The number of anilines is 2. The van der Waals surface area contributed by atoms with Gasteiger partial charge in [-0.05, 0) is 50.1 Å². The predicted molar refractivity (Wildman–Crippen MR) is 116 cm³/mol. The number of aromatic nitrogens is 4. The summed E-state index contributed by atoms with van der Waals surface area (Å²) in [6, 6.07) is 12.0. The minimum absolute atomic E-state index is 0.299. The number of pyridine rings is 2. The molecule has 3 aromatic rings. The zero-order valence-electron chi connectivity index (χ0n) is 17.3. The fourth-order valence-electron chi connectivity index (χ4n) is 3.91. The van der Waals surface area contributed by atoms with Crippen molar-refractivity contribution < 1.29 is 0 Å². The first-order valence-electron chi connectivity index (χ1n) is 10.6. The van der Waals surface area contributed by atoms with Crippen molar-refractivity contribution in [2.45, 2.75) is 51.6 Å². The summed E-state index contributed by atoms with van der Waals surface area (Å²) in [5.74, 6) is 1.87. The summed E-state index contributed by atoms with van der Waals surface area (Å²) in [6.45, 7) is 4.13. The van der Waals surface area contributed by atoms with Crippen molar-refractivity contribution in [2.24, 2.45) is 0 Å². The number of aromatic amines is 1. The van der Waals surface area contributed by atoms with Crippen LogP contribution in [0.3, 0.4) is 0 Å². The Balaban J connectivity index is 1.44. The number of H-pyrrole nitrogens is 1. The van der Waals surface area contributed by atoms with E-state index in [1.807, 2.05) is 30.5 Å². The zero-order valence-corrected chi connectivity index (χ0v) is 17.3. The molecule has 30 heavy (non-hydrogen) atoms. The maximum Gasteiger partial charge on any atom is 0.140 e. The van der Waals surface area contributed by atoms with Crippen molar-refractivity contribution in [2.75, 3.05) is 11.9 Å². The van der Waals surface area contributed by atoms with Crippen molar-refractivity contribution >= 4 is 11.5 Å². The second kappa shape index (κ2) is 9.51. The van der Waals surface area contributed by atoms with Crippen LogP contribution in [0.25, 0.3) is 0 Å². The highest BCUT2D eigenvalue weighted by Gasteiger charge is 2.27. The number of nitriles is 1. The van der Waals surface area contributed by atoms with Gasteiger partial charge in [0.1, 0.15) is 23.4 Å². The van der Waals surface area contributed by atoms with Gasteiger partial charge in [-0.1, -0.05) is 19.4 Å². The molecule has 0 radical (unpaired) electrons. The molecule has 7 heteroatoms. The molecule has 1 aliphatic rings. The van der Waals surface area contributed by atoms with Crippen LogP contribution in [0, 0.1) is 11.3 Å². The Bertz CT molecular complexity index is 1000. The Morgan fingerprint density at radius 2 is 2.17 bits per heavy atom. The van der Waals surface area contributed by atoms with Crippen LogP contribution in [0.5, 0.6) is 0 Å². The van der Waals surface area contributed by atoms with Gasteiger partial charge in [-0.15, -0.1) is 0 Å². The summed E-state index contributed by atoms with van der Waals surface area (Å²) in [4.78, 5) is 19.5. The molecular formula is C23H27N7. The molecule has 0 spiro atoms. The Hall–Kier alpha value is -3.24. The monoisotopic (exact) mass is 401 g/mol. The Morgan fingerprint density at radius 3 is 2.97 bits per heavy atom. The van der Waals surface area contributed by atoms with Crippen molar-refractivity contribution in [1.29, 1.82) is 5.26 Å². The molecule has 0 unspecified atom stereocenters. The van der Waals surface area contributed by atoms with E-state index in [-0.39, 0.29) is 0 Å². The van der Waals surface area contributed by atoms with Crippen molar-refractivity contribution in [3.63, 3.8) is 0 Å². The highest BCUT2D eigenvalue weighted by Crippen LogP contribution is 2.32. The highest BCUT2D eigenvalue weighted by atomic mass is 15.2. The summed E-state index contributed by atoms with van der Waals surface area (Å²) in [7, 11) is 0. The largest absolute Gasteiger partial charge is 0.345 e. The summed E-state index contributed by atoms with van der Waals surface area (Å²) in [6.07, 6.45) is 9.26. The first kappa shape index (κ1) is 20.0. The third kappa shape index (κ3) is 4.84. The van der Waals surface area contributed by atoms with Gasteiger partial charge in [-0.2, -0.15) is 5.26 Å². The molecule has 7 nitrogen and oxygen atoms in total. The molecule has 4 rings (SSSR count). The third-order valence-electron chi connectivity index (χ3n) is 5.45. The minimum atomic E-state index is 0.299. The molecule has 0 saturated carbocycles. The number of hydrogen-bond acceptors (Lipinski definition) is 6. The molecule has 0 bridgehead atoms. The number of rotatable bonds is 8. The van der Waals surface area contributed by atoms with Crippen LogP contribution in [0.4, 0.5) is 11.5 Å². The van der Waals surface area contributed by atoms with E-state index >= 15 is 0 Å². The van der Waals surface area contributed by atoms with Gasteiger partial charge in [0.05, 0.1) is 23.6 Å². The van der Waals surface area contributed by atoms with Gasteiger partial charge in [0.15, 0.2) is 0 Å². The van der Waals surface area contributed by atoms with Crippen LogP contribution < -0.4 is 5.32 Å². The first-order chi connectivity index (χ1) is 14.7. The van der Waals surface area contributed by atoms with E-state index in [1.165, 1.54) is 18.5 Å². The number of unbranched alkanes of at least 4 members (excludes halogenated alkanes) is 1. The Kier molecular flexibility index (Phi) is 6.35. The van der Waals surface area contributed by atoms with Crippen molar-refractivity contribution in [1.82, 2.24) is 24.8 Å². The van der Waals surface area contributed by atoms with Crippen LogP contribution in [0.15, 0.2) is 42.7 Å². The lowest BCUT2D eigenvalue weighted by Crippen LogP contribution is -2.23. The fraction of sp³-hybridized carbons (Fsp3) is 0.391. The average Bonchev–Trinajstić information content (AvgIpc) is 3.43. The van der Waals surface area contributed by atoms with E-state index < -0.39 is 0 Å². The zero-order chi connectivity index (χ0) is 20.8. The van der Waals surface area contributed by atoms with Crippen LogP contribution in [-0.4, -0.2) is 31.4 Å². The molecule has 1 aliphatic heterocycles. The lowest BCUT2D eigenvalue weighted by molar-refractivity contribution is 0.242. The second-order valence-corrected chi connectivity index (χ2v) is 7.70. The van der Waals surface area contributed by atoms with Crippen LogP contribution in [0.1, 0.15) is 61.6 Å². The molecule has 0 amide bonds. The number of hydrogen-bond donors (Lipinski definition) is 2. The molecule has 3 aromatic heterocycles. The van der Waals surface area contributed by atoms with Gasteiger partial charge in [0.2, 0.25) is 0 Å². The number of nitrogens with zero attached hydrogens (tertiary/aromatic N) is 5. The van der Waals surface area contributed by atoms with E-state index in [9.17, 15) is 0 Å². The van der Waals surface area contributed by atoms with Gasteiger partial charge >= 0.3 is 0 Å². The van der Waals surface area contributed by atoms with E-state index in [0.717, 1.165) is 55.4 Å². The SMILES string of the molecule is CCCCc1ncc(CN2CCC[C@H]2c2cccc(Nc3ccc(C#N)nc3)n2)[nH]1. The molecule has 1 saturated heterocycles. The molecule has 2 N–H and O–H groups in total. The molecule has 0 aliphatic carbocycles. The number of imidazole rings is 1. The van der Waals surface area contributed by atoms with Crippen LogP contribution >= 0.6 is 0 Å². The standard InChI is InChI=1S/C23H27N7/c1-2-3-8-22-26-15-19(28-22)16-30-12-5-7-21(30)20-6-4-9-23(29-20)27-18-11-10-17(13-24)25-14-18/h4,6,9-11,14-15,21H,2-3,5,7-8,12,16H2,1H3,(H,26,28)(H,27,29)/t21-/m0/s1. The topological polar surface area (TPSA) is 93.5 Å². The van der Waals surface area contributed by atoms with Crippen molar-refractivity contribution in [3.8, 4) is 6.07 Å². The highest BCUT2D eigenvalue weighted by molar-refractivity contribution is 5.55. The molecule has 0 aromatic carbocycles. The Labute approximate surface area is 177 Å². The molecule has 4 heterocycles. The fourth-order valence-corrected chi connectivity index (χ4v) is 3.91. The van der Waals surface area contributed by atoms with E-state index in [4.69, 9.17) is 10.2 Å². The molecule has 1 atom stereocenters. The van der Waals surface area contributed by atoms with E-state index in [1.54, 1.807) is 12.3 Å². The smallest absolute Gasteiger partial charge is 0.140 e. The summed E-state index contributed by atoms with van der Waals surface area (Å²) < 4.78 is 0. The molecular weight excluding hydrogens is 374 g/mol. The second-order valence-electron chi connectivity index (χ2n) is 7.70. The minimum Gasteiger partial charge on any atom is -0.345 e. The van der Waals surface area contributed by atoms with Crippen LogP contribution in [-0.2, 0) is 13.0 Å². The third-order valence-corrected chi connectivity index (χ3v) is 5.45. The lowest BCUT2D eigenvalue weighted by Gasteiger charge is -2.23. The number of likely N-dealkylation sites (tertiary alicyclic amines) is 1. The first-order valence-corrected chi connectivity index (χ1v) is 10.6. The average molecular weight is 402 g/mol. The number of aryl methyl sites for hydroxylation is 1. The molecule has 154 valence electrons. The van der Waals surface area contributed by atoms with Gasteiger partial charge in [-0.3, -0.25) is 4.90 Å². The summed E-state index contributed by atoms with van der Waals surface area (Å²) >= 11 is 0. The van der Waals surface area contributed by atoms with E-state index in [0.29, 0.717) is 11.7 Å². The summed E-state index contributed by atoms with van der Waals surface area (Å²) in [5.41, 5.74) is 3.47. The van der Waals surface area contributed by atoms with Gasteiger partial charge < -0.3 is 10.3 Å². The van der Waals surface area contributed by atoms with E-state index in [2.05, 4.69) is 38.2 Å². The Morgan fingerprint density at radius 1 is 1.23 bits per heavy atom. The van der Waals surface area contributed by atoms with Crippen LogP contribution in [0.2, 0.25) is 0 Å². The van der Waals surface area contributed by atoms with Crippen molar-refractivity contribution in [3.05, 3.63) is 65.6 Å². The molecule has 1 fully saturated rings. The maximum absolute atomic E-state index is 8.89. The number of nitrogens with one attached hydrogen (secondary N) is 2. The van der Waals surface area contributed by atoms with Gasteiger partial charge in [0.25, 0.3) is 0 Å². The van der Waals surface area contributed by atoms with Gasteiger partial charge in [-0.25, -0.2) is 15.0 Å². The lowest BCUT2D eigenvalue weighted by atomic mass is 10.1. The quantitative estimate of drug-likeness (QED) is 0.577. The van der Waals surface area contributed by atoms with Gasteiger partial charge in [0, 0.05) is 24.9 Å². The predicted octanol–water partition coefficient (Wildman–Crippen LogP) is 4.49. The maximum atomic E-state index is 8.89. The summed E-state index contributed by atoms with van der Waals surface area (Å²) in [5, 5.41) is 12.2.